The molecule has 0 spiro atoms. The Morgan fingerprint density at radius 1 is 0.920 bits per heavy atom. The van der Waals surface area contributed by atoms with Crippen molar-refractivity contribution < 1.29 is 36.9 Å². The number of phenols is 2. The van der Waals surface area contributed by atoms with E-state index in [0.717, 1.165) is 6.92 Å². The van der Waals surface area contributed by atoms with E-state index in [9.17, 15) is 10.2 Å². The second kappa shape index (κ2) is 12.7. The number of nitrogens with zero attached hydrogens (tertiary/aromatic N) is 2. The molecule has 0 amide bonds. The van der Waals surface area contributed by atoms with Crippen LogP contribution in [0.15, 0.2) is 58.5 Å². The normalized spacial score (nSPS) is 10.1. The van der Waals surface area contributed by atoms with E-state index in [-0.39, 0.29) is 28.3 Å². The van der Waals surface area contributed by atoms with Gasteiger partial charge in [0.2, 0.25) is 0 Å². The van der Waals surface area contributed by atoms with Crippen LogP contribution >= 0.6 is 0 Å². The van der Waals surface area contributed by atoms with Crippen molar-refractivity contribution in [3.8, 4) is 11.5 Å². The fourth-order valence-electron chi connectivity index (χ4n) is 1.63. The van der Waals surface area contributed by atoms with E-state index >= 15 is 0 Å². The minimum atomic E-state index is -1.08. The number of carbonyl (C=O) groups is 1. The maximum Gasteiger partial charge on any atom is 0.124 e. The molecule has 0 aliphatic heterocycles. The van der Waals surface area contributed by atoms with Gasteiger partial charge >= 0.3 is 0 Å². The summed E-state index contributed by atoms with van der Waals surface area (Å²) in [6.07, 6.45) is 3.26. The summed E-state index contributed by atoms with van der Waals surface area (Å²) < 4.78 is 0. The summed E-state index contributed by atoms with van der Waals surface area (Å²) >= 11 is 0. The molecule has 0 saturated heterocycles. The summed E-state index contributed by atoms with van der Waals surface area (Å²) in [5.41, 5.74) is 1.38. The zero-order chi connectivity index (χ0) is 17.8. The Bertz CT molecular complexity index is 658. The van der Waals surface area contributed by atoms with Gasteiger partial charge in [0.1, 0.15) is 11.5 Å². The molecule has 0 fully saturated rings. The van der Waals surface area contributed by atoms with Gasteiger partial charge in [-0.25, -0.2) is 0 Å². The van der Waals surface area contributed by atoms with Gasteiger partial charge in [0, 0.05) is 46.3 Å². The largest absolute Gasteiger partial charge is 0.550 e. The average Bonchev–Trinajstić information content (AvgIpc) is 2.53. The van der Waals surface area contributed by atoms with Crippen LogP contribution in [0.4, 0.5) is 0 Å². The summed E-state index contributed by atoms with van der Waals surface area (Å²) in [6, 6.07) is 14.1. The molecule has 0 saturated carbocycles. The monoisotopic (exact) mass is 386 g/mol. The number of aromatic hydroxyl groups is 2. The molecule has 0 aliphatic carbocycles. The quantitative estimate of drug-likeness (QED) is 0.598. The fraction of sp³-hybridized carbons (Fsp3) is 0.167. The molecule has 0 heterocycles. The van der Waals surface area contributed by atoms with Crippen LogP contribution in [0.1, 0.15) is 18.1 Å². The number of para-hydroxylation sites is 2. The predicted octanol–water partition coefficient (Wildman–Crippen LogP) is 1.39. The molecule has 135 valence electrons. The number of rotatable bonds is 5. The van der Waals surface area contributed by atoms with Crippen molar-refractivity contribution in [1.29, 1.82) is 0 Å². The summed E-state index contributed by atoms with van der Waals surface area (Å²) in [4.78, 5) is 17.3. The first kappa shape index (κ1) is 22.4. The van der Waals surface area contributed by atoms with Crippen molar-refractivity contribution >= 4 is 18.4 Å². The standard InChI is InChI=1S/C16H16N2O2.C2H4O2.Co/c19-15-7-3-1-5-13(15)11-17-9-10-18-12-14-6-2-4-8-16(14)20;1-2(3)4;/h1-8,11-12,19-20H,9-10H2;1H3,(H,3,4);/p-1. The summed E-state index contributed by atoms with van der Waals surface area (Å²) in [5, 5.41) is 28.0. The number of carboxylic acids is 1. The van der Waals surface area contributed by atoms with Crippen LogP contribution in [0.2, 0.25) is 0 Å². The van der Waals surface area contributed by atoms with E-state index < -0.39 is 5.97 Å². The molecule has 0 atom stereocenters. The third-order valence-corrected chi connectivity index (χ3v) is 2.69. The van der Waals surface area contributed by atoms with Crippen LogP contribution in [-0.4, -0.2) is 41.7 Å². The zero-order valence-corrected chi connectivity index (χ0v) is 14.7. The number of aliphatic carboxylic acids is 1. The summed E-state index contributed by atoms with van der Waals surface area (Å²) in [5.74, 6) is -0.650. The maximum absolute atomic E-state index is 9.54. The van der Waals surface area contributed by atoms with Crippen LogP contribution in [0.25, 0.3) is 0 Å². The molecular weight excluding hydrogens is 367 g/mol. The number of carboxylic acid groups (broad SMARTS) is 1. The second-order valence-electron chi connectivity index (χ2n) is 4.68. The van der Waals surface area contributed by atoms with Gasteiger partial charge in [-0.05, 0) is 31.2 Å². The number of hydrogen-bond donors (Lipinski definition) is 2. The maximum atomic E-state index is 9.54. The van der Waals surface area contributed by atoms with Gasteiger partial charge in [-0.1, -0.05) is 24.3 Å². The molecule has 7 heteroatoms. The summed E-state index contributed by atoms with van der Waals surface area (Å²) in [6.45, 7) is 2.02. The van der Waals surface area contributed by atoms with Crippen LogP contribution in [0, 0.1) is 0 Å². The smallest absolute Gasteiger partial charge is 0.124 e. The van der Waals surface area contributed by atoms with E-state index in [1.54, 1.807) is 48.8 Å². The van der Waals surface area contributed by atoms with Crippen molar-refractivity contribution in [2.24, 2.45) is 9.98 Å². The van der Waals surface area contributed by atoms with Crippen molar-refractivity contribution in [2.75, 3.05) is 13.1 Å². The third kappa shape index (κ3) is 9.95. The molecule has 0 bridgehead atoms. The molecule has 2 aromatic rings. The Hall–Kier alpha value is -2.64. The van der Waals surface area contributed by atoms with E-state index in [0.29, 0.717) is 24.2 Å². The number of aliphatic imine (C=N–C) groups is 2. The van der Waals surface area contributed by atoms with Gasteiger partial charge < -0.3 is 20.1 Å². The van der Waals surface area contributed by atoms with Gasteiger partial charge in [0.15, 0.2) is 0 Å². The minimum absolute atomic E-state index is 0. The molecule has 25 heavy (non-hydrogen) atoms. The molecular formula is C18H19CoN2O4-. The molecule has 0 unspecified atom stereocenters. The Morgan fingerprint density at radius 3 is 1.56 bits per heavy atom. The second-order valence-corrected chi connectivity index (χ2v) is 4.68. The third-order valence-electron chi connectivity index (χ3n) is 2.69. The Morgan fingerprint density at radius 2 is 1.24 bits per heavy atom. The Balaban J connectivity index is 0.00000104. The Kier molecular flexibility index (Phi) is 11.4. The van der Waals surface area contributed by atoms with Crippen LogP contribution in [0.3, 0.4) is 0 Å². The van der Waals surface area contributed by atoms with E-state index in [1.165, 1.54) is 0 Å². The predicted molar refractivity (Wildman–Crippen MR) is 91.8 cm³/mol. The van der Waals surface area contributed by atoms with Crippen LogP contribution in [-0.2, 0) is 21.6 Å². The Labute approximate surface area is 156 Å². The molecule has 0 aliphatic rings. The zero-order valence-electron chi connectivity index (χ0n) is 13.6. The van der Waals surface area contributed by atoms with E-state index in [2.05, 4.69) is 9.98 Å². The topological polar surface area (TPSA) is 105 Å². The van der Waals surface area contributed by atoms with Gasteiger partial charge in [-0.3, -0.25) is 9.98 Å². The average molecular weight is 386 g/mol. The molecule has 2 rings (SSSR count). The first-order valence-electron chi connectivity index (χ1n) is 7.24. The number of benzene rings is 2. The first-order valence-corrected chi connectivity index (χ1v) is 7.24. The van der Waals surface area contributed by atoms with E-state index in [1.807, 2.05) is 12.1 Å². The van der Waals surface area contributed by atoms with Crippen molar-refractivity contribution in [3.05, 3.63) is 59.7 Å². The van der Waals surface area contributed by atoms with Gasteiger partial charge in [-0.15, -0.1) is 0 Å². The van der Waals surface area contributed by atoms with E-state index in [4.69, 9.17) is 9.90 Å². The van der Waals surface area contributed by atoms with Gasteiger partial charge in [0.25, 0.3) is 0 Å². The molecule has 0 aromatic heterocycles. The number of carbonyl (C=O) groups excluding carboxylic acids is 1. The van der Waals surface area contributed by atoms with Crippen molar-refractivity contribution in [1.82, 2.24) is 0 Å². The fourth-order valence-corrected chi connectivity index (χ4v) is 1.63. The van der Waals surface area contributed by atoms with Crippen LogP contribution < -0.4 is 5.11 Å². The van der Waals surface area contributed by atoms with Crippen molar-refractivity contribution in [3.63, 3.8) is 0 Å². The number of phenolic OH excluding ortho intramolecular Hbond substituents is 2. The SMILES string of the molecule is CC(=O)[O-].Oc1ccccc1C=NCCN=Cc1ccccc1O.[Co]. The molecule has 6 nitrogen and oxygen atoms in total. The first-order chi connectivity index (χ1) is 11.5. The van der Waals surface area contributed by atoms with Gasteiger partial charge in [-0.2, -0.15) is 0 Å². The molecule has 2 N–H and O–H groups in total. The minimum Gasteiger partial charge on any atom is -0.550 e. The summed E-state index contributed by atoms with van der Waals surface area (Å²) in [7, 11) is 0. The van der Waals surface area contributed by atoms with Gasteiger partial charge in [0.05, 0.1) is 13.1 Å². The molecule has 1 radical (unpaired) electrons. The number of hydrogen-bond acceptors (Lipinski definition) is 6. The van der Waals surface area contributed by atoms with Crippen molar-refractivity contribution in [2.45, 2.75) is 6.92 Å². The van der Waals surface area contributed by atoms with Crippen LogP contribution in [0.5, 0.6) is 11.5 Å². The molecule has 2 aromatic carbocycles.